The third-order valence-corrected chi connectivity index (χ3v) is 8.28. The van der Waals surface area contributed by atoms with Gasteiger partial charge in [0.05, 0.1) is 19.3 Å². The third-order valence-electron chi connectivity index (χ3n) is 8.28. The first-order valence-electron chi connectivity index (χ1n) is 12.4. The Bertz CT molecular complexity index is 1130. The smallest absolute Gasteiger partial charge is 0.328 e. The van der Waals surface area contributed by atoms with Crippen molar-refractivity contribution in [3.63, 3.8) is 0 Å². The molecule has 4 aliphatic rings. The normalized spacial score (nSPS) is 29.2. The summed E-state index contributed by atoms with van der Waals surface area (Å²) in [6, 6.07) is 12.5. The molecule has 1 spiro atoms. The number of nitrogens with one attached hydrogen (secondary N) is 1. The van der Waals surface area contributed by atoms with Gasteiger partial charge in [-0.3, -0.25) is 14.6 Å². The van der Waals surface area contributed by atoms with Gasteiger partial charge in [-0.15, -0.1) is 0 Å². The van der Waals surface area contributed by atoms with Crippen LogP contribution in [0.2, 0.25) is 0 Å². The second-order valence-electron chi connectivity index (χ2n) is 10.2. The molecule has 0 saturated carbocycles. The molecule has 0 radical (unpaired) electrons. The molecule has 4 fully saturated rings. The number of nitrogens with zero attached hydrogens (tertiary/aromatic N) is 4. The van der Waals surface area contributed by atoms with Crippen LogP contribution < -0.4 is 10.2 Å². The van der Waals surface area contributed by atoms with Gasteiger partial charge in [0.15, 0.2) is 0 Å². The number of imide groups is 1. The van der Waals surface area contributed by atoms with Gasteiger partial charge in [0.2, 0.25) is 0 Å². The topological polar surface area (TPSA) is 68.4 Å². The number of ether oxygens (including phenoxy) is 1. The highest BCUT2D eigenvalue weighted by atomic mass is 16.5. The van der Waals surface area contributed by atoms with Gasteiger partial charge in [0.25, 0.3) is 5.91 Å². The van der Waals surface area contributed by atoms with Crippen molar-refractivity contribution in [1.29, 1.82) is 0 Å². The van der Waals surface area contributed by atoms with Crippen LogP contribution in [0.25, 0.3) is 10.8 Å². The quantitative estimate of drug-likeness (QED) is 0.684. The average molecular weight is 464 g/mol. The number of benzene rings is 2. The Hall–Kier alpha value is -2.68. The molecule has 8 nitrogen and oxygen atoms in total. The van der Waals surface area contributed by atoms with Gasteiger partial charge >= 0.3 is 6.03 Å². The maximum absolute atomic E-state index is 13.9. The number of carbonyl (C=O) groups is 2. The second kappa shape index (κ2) is 8.22. The summed E-state index contributed by atoms with van der Waals surface area (Å²) in [4.78, 5) is 35.6. The highest BCUT2D eigenvalue weighted by Gasteiger charge is 2.68. The summed E-state index contributed by atoms with van der Waals surface area (Å²) < 4.78 is 5.44. The number of carbonyl (C=O) groups excluding carboxylic acids is 2. The van der Waals surface area contributed by atoms with Gasteiger partial charge in [-0.2, -0.15) is 0 Å². The third kappa shape index (κ3) is 3.08. The molecule has 4 aliphatic heterocycles. The number of rotatable bonds is 5. The fourth-order valence-electron chi connectivity index (χ4n) is 6.59. The van der Waals surface area contributed by atoms with Gasteiger partial charge in [0.1, 0.15) is 5.54 Å². The molecule has 34 heavy (non-hydrogen) atoms. The Morgan fingerprint density at radius 3 is 2.59 bits per heavy atom. The molecule has 3 unspecified atom stereocenters. The molecule has 0 bridgehead atoms. The van der Waals surface area contributed by atoms with Crippen molar-refractivity contribution in [2.75, 3.05) is 71.5 Å². The number of hydrogen-bond acceptors (Lipinski definition) is 6. The molecule has 1 N–H and O–H groups in total. The molecule has 2 aromatic rings. The summed E-state index contributed by atoms with van der Waals surface area (Å²) in [5, 5.41) is 5.76. The number of amides is 3. The lowest BCUT2D eigenvalue weighted by atomic mass is 9.87. The van der Waals surface area contributed by atoms with E-state index in [9.17, 15) is 9.59 Å². The van der Waals surface area contributed by atoms with E-state index in [1.54, 1.807) is 0 Å². The zero-order valence-electron chi connectivity index (χ0n) is 20.0. The van der Waals surface area contributed by atoms with Gasteiger partial charge in [0, 0.05) is 70.4 Å². The fourth-order valence-corrected chi connectivity index (χ4v) is 6.59. The molecule has 180 valence electrons. The van der Waals surface area contributed by atoms with Gasteiger partial charge in [-0.05, 0) is 23.4 Å². The molecule has 0 aliphatic carbocycles. The van der Waals surface area contributed by atoms with Crippen LogP contribution in [0.1, 0.15) is 18.0 Å². The molecule has 2 aromatic carbocycles. The first-order chi connectivity index (χ1) is 16.5. The Morgan fingerprint density at radius 2 is 1.82 bits per heavy atom. The molecule has 0 aromatic heterocycles. The van der Waals surface area contributed by atoms with Crippen LogP contribution in [-0.4, -0.2) is 98.8 Å². The Morgan fingerprint density at radius 1 is 1.06 bits per heavy atom. The van der Waals surface area contributed by atoms with Crippen LogP contribution in [-0.2, 0) is 9.53 Å². The number of fused-ring (bicyclic) bond motifs is 1. The standard InChI is InChI=1S/C26H33N5O3/c1-28(2)22-8-7-21(19-5-3-4-6-20(19)22)23-15-18-16-27-17-26(18)24(32)30(25(33)31(23)26)10-9-29-11-13-34-14-12-29/h3-8,18,23,27H,9-17H2,1-2H3. The average Bonchev–Trinajstić information content (AvgIpc) is 3.46. The zero-order valence-corrected chi connectivity index (χ0v) is 20.0. The summed E-state index contributed by atoms with van der Waals surface area (Å²) in [6.07, 6.45) is 0.813. The van der Waals surface area contributed by atoms with Crippen molar-refractivity contribution < 1.29 is 14.3 Å². The summed E-state index contributed by atoms with van der Waals surface area (Å²) in [5.74, 6) is 0.118. The number of hydrogen-bond donors (Lipinski definition) is 1. The van der Waals surface area contributed by atoms with E-state index in [-0.39, 0.29) is 23.9 Å². The molecular weight excluding hydrogens is 430 g/mol. The molecule has 3 atom stereocenters. The van der Waals surface area contributed by atoms with Crippen molar-refractivity contribution in [1.82, 2.24) is 20.0 Å². The largest absolute Gasteiger partial charge is 0.379 e. The van der Waals surface area contributed by atoms with Crippen LogP contribution in [0.4, 0.5) is 10.5 Å². The zero-order chi connectivity index (χ0) is 23.4. The highest BCUT2D eigenvalue weighted by Crippen LogP contribution is 2.54. The van der Waals surface area contributed by atoms with Crippen LogP contribution >= 0.6 is 0 Å². The van der Waals surface area contributed by atoms with Crippen LogP contribution in [0.3, 0.4) is 0 Å². The van der Waals surface area contributed by atoms with Crippen molar-refractivity contribution in [3.8, 4) is 0 Å². The minimum absolute atomic E-state index is 0.0162. The molecule has 6 rings (SSSR count). The molecule has 8 heteroatoms. The highest BCUT2D eigenvalue weighted by molar-refractivity contribution is 6.09. The predicted octanol–water partition coefficient (Wildman–Crippen LogP) is 1.91. The number of urea groups is 1. The lowest BCUT2D eigenvalue weighted by Gasteiger charge is -2.31. The van der Waals surface area contributed by atoms with Crippen molar-refractivity contribution in [2.24, 2.45) is 5.92 Å². The van der Waals surface area contributed by atoms with Crippen LogP contribution in [0, 0.1) is 5.92 Å². The minimum Gasteiger partial charge on any atom is -0.379 e. The summed E-state index contributed by atoms with van der Waals surface area (Å²) in [6.45, 7) is 5.58. The van der Waals surface area contributed by atoms with Crippen LogP contribution in [0.15, 0.2) is 36.4 Å². The number of anilines is 1. The predicted molar refractivity (Wildman–Crippen MR) is 131 cm³/mol. The summed E-state index contributed by atoms with van der Waals surface area (Å²) in [7, 11) is 4.11. The molecule has 3 amide bonds. The van der Waals surface area contributed by atoms with E-state index < -0.39 is 5.54 Å². The Kier molecular flexibility index (Phi) is 5.28. The van der Waals surface area contributed by atoms with E-state index in [2.05, 4.69) is 65.6 Å². The van der Waals surface area contributed by atoms with Crippen LogP contribution in [0.5, 0.6) is 0 Å². The van der Waals surface area contributed by atoms with Gasteiger partial charge < -0.3 is 19.9 Å². The molecular formula is C26H33N5O3. The Labute approximate surface area is 200 Å². The summed E-state index contributed by atoms with van der Waals surface area (Å²) >= 11 is 0. The lowest BCUT2D eigenvalue weighted by Crippen LogP contribution is -2.51. The van der Waals surface area contributed by atoms with E-state index in [0.717, 1.165) is 42.7 Å². The van der Waals surface area contributed by atoms with Crippen molar-refractivity contribution >= 4 is 28.4 Å². The van der Waals surface area contributed by atoms with E-state index >= 15 is 0 Å². The SMILES string of the molecule is CN(C)c1ccc(C2CC3CNCC34C(=O)N(CCN3CCOCC3)C(=O)N24)c2ccccc12. The lowest BCUT2D eigenvalue weighted by molar-refractivity contribution is -0.133. The molecule has 4 saturated heterocycles. The first-order valence-corrected chi connectivity index (χ1v) is 12.4. The maximum atomic E-state index is 13.9. The first kappa shape index (κ1) is 21.8. The van der Waals surface area contributed by atoms with Gasteiger partial charge in [-0.1, -0.05) is 30.3 Å². The fraction of sp³-hybridized carbons (Fsp3) is 0.538. The Balaban J connectivity index is 1.36. The summed E-state index contributed by atoms with van der Waals surface area (Å²) in [5.41, 5.74) is 1.55. The van der Waals surface area contributed by atoms with E-state index in [4.69, 9.17) is 4.74 Å². The maximum Gasteiger partial charge on any atom is 0.328 e. The second-order valence-corrected chi connectivity index (χ2v) is 10.2. The number of morpholine rings is 1. The monoisotopic (exact) mass is 463 g/mol. The van der Waals surface area contributed by atoms with E-state index in [1.807, 2.05) is 4.90 Å². The van der Waals surface area contributed by atoms with Crippen molar-refractivity contribution in [2.45, 2.75) is 18.0 Å². The molecule has 4 heterocycles. The van der Waals surface area contributed by atoms with E-state index in [0.29, 0.717) is 32.8 Å². The van der Waals surface area contributed by atoms with Gasteiger partial charge in [-0.25, -0.2) is 4.79 Å². The van der Waals surface area contributed by atoms with E-state index in [1.165, 1.54) is 10.3 Å². The minimum atomic E-state index is -0.756. The van der Waals surface area contributed by atoms with Crippen molar-refractivity contribution in [3.05, 3.63) is 42.0 Å².